The van der Waals surface area contributed by atoms with Crippen LogP contribution in [0.25, 0.3) is 55.6 Å². The molecule has 0 heterocycles. The van der Waals surface area contributed by atoms with Gasteiger partial charge >= 0.3 is 0 Å². The summed E-state index contributed by atoms with van der Waals surface area (Å²) < 4.78 is 0. The molecule has 0 aromatic heterocycles. The van der Waals surface area contributed by atoms with Crippen LogP contribution in [0.15, 0.2) is 146 Å². The van der Waals surface area contributed by atoms with Crippen molar-refractivity contribution in [1.82, 2.24) is 0 Å². The Labute approximate surface area is 222 Å². The van der Waals surface area contributed by atoms with Gasteiger partial charge in [0.2, 0.25) is 0 Å². The molecular formula is C36H26O2. The maximum Gasteiger partial charge on any atom is 0.132 e. The molecule has 0 radical (unpaired) electrons. The van der Waals surface area contributed by atoms with Gasteiger partial charge in [-0.3, -0.25) is 0 Å². The van der Waals surface area contributed by atoms with Crippen LogP contribution in [-0.4, -0.2) is 10.2 Å². The van der Waals surface area contributed by atoms with Gasteiger partial charge in [0.25, 0.3) is 0 Å². The Balaban J connectivity index is 1.88. The Hall–Kier alpha value is -5.08. The van der Waals surface area contributed by atoms with E-state index in [0.717, 1.165) is 55.6 Å². The number of rotatable bonds is 5. The molecule has 0 unspecified atom stereocenters. The van der Waals surface area contributed by atoms with Crippen molar-refractivity contribution >= 4 is 0 Å². The van der Waals surface area contributed by atoms with Crippen LogP contribution in [0.4, 0.5) is 0 Å². The maximum absolute atomic E-state index is 12.3. The predicted molar refractivity (Wildman–Crippen MR) is 157 cm³/mol. The van der Waals surface area contributed by atoms with Crippen molar-refractivity contribution < 1.29 is 10.2 Å². The van der Waals surface area contributed by atoms with Crippen LogP contribution in [0.3, 0.4) is 0 Å². The lowest BCUT2D eigenvalue weighted by atomic mass is 9.78. The molecule has 2 nitrogen and oxygen atoms in total. The lowest BCUT2D eigenvalue weighted by Crippen LogP contribution is -1.99. The van der Waals surface area contributed by atoms with E-state index < -0.39 is 0 Å². The molecule has 0 saturated heterocycles. The SMILES string of the molecule is Oc1ccc(-c2c(-c3ccccc3)c(-c3ccccc3)c(O)c(-c3ccccc3)c2-c2ccccc2)cc1. The molecule has 0 fully saturated rings. The summed E-state index contributed by atoms with van der Waals surface area (Å²) in [5.74, 6) is 0.448. The van der Waals surface area contributed by atoms with Crippen molar-refractivity contribution in [3.8, 4) is 67.1 Å². The highest BCUT2D eigenvalue weighted by molar-refractivity contribution is 6.10. The monoisotopic (exact) mass is 490 g/mol. The number of phenols is 2. The highest BCUT2D eigenvalue weighted by Gasteiger charge is 2.28. The highest BCUT2D eigenvalue weighted by Crippen LogP contribution is 2.55. The zero-order valence-corrected chi connectivity index (χ0v) is 20.8. The second-order valence-corrected chi connectivity index (χ2v) is 9.23. The molecule has 2 N–H and O–H groups in total. The quantitative estimate of drug-likeness (QED) is 0.253. The largest absolute Gasteiger partial charge is 0.508 e. The normalized spacial score (nSPS) is 10.8. The predicted octanol–water partition coefficient (Wildman–Crippen LogP) is 9.43. The lowest BCUT2D eigenvalue weighted by Gasteiger charge is -2.26. The molecular weight excluding hydrogens is 464 g/mol. The molecule has 0 bridgehead atoms. The van der Waals surface area contributed by atoms with E-state index in [1.807, 2.05) is 109 Å². The summed E-state index contributed by atoms with van der Waals surface area (Å²) in [5.41, 5.74) is 9.26. The second-order valence-electron chi connectivity index (χ2n) is 9.23. The van der Waals surface area contributed by atoms with E-state index in [1.54, 1.807) is 12.1 Å². The molecule has 6 aromatic carbocycles. The van der Waals surface area contributed by atoms with Crippen molar-refractivity contribution in [2.24, 2.45) is 0 Å². The molecule has 0 atom stereocenters. The van der Waals surface area contributed by atoms with Gasteiger partial charge in [-0.15, -0.1) is 0 Å². The Morgan fingerprint density at radius 1 is 0.263 bits per heavy atom. The van der Waals surface area contributed by atoms with Gasteiger partial charge in [-0.25, -0.2) is 0 Å². The number of hydrogen-bond acceptors (Lipinski definition) is 2. The third-order valence-corrected chi connectivity index (χ3v) is 6.88. The van der Waals surface area contributed by atoms with Gasteiger partial charge in [0.05, 0.1) is 0 Å². The van der Waals surface area contributed by atoms with Gasteiger partial charge in [-0.05, 0) is 45.5 Å². The van der Waals surface area contributed by atoms with Crippen LogP contribution >= 0.6 is 0 Å². The third kappa shape index (κ3) is 4.23. The van der Waals surface area contributed by atoms with Gasteiger partial charge in [-0.1, -0.05) is 133 Å². The Kier molecular flexibility index (Phi) is 6.21. The molecule has 0 aliphatic rings. The van der Waals surface area contributed by atoms with Crippen LogP contribution in [0, 0.1) is 0 Å². The third-order valence-electron chi connectivity index (χ3n) is 6.88. The molecule has 182 valence electrons. The van der Waals surface area contributed by atoms with E-state index in [-0.39, 0.29) is 11.5 Å². The summed E-state index contributed by atoms with van der Waals surface area (Å²) in [6, 6.07) is 47.9. The van der Waals surface area contributed by atoms with Gasteiger partial charge in [0, 0.05) is 22.3 Å². The zero-order valence-electron chi connectivity index (χ0n) is 20.8. The fourth-order valence-electron chi connectivity index (χ4n) is 5.21. The van der Waals surface area contributed by atoms with Crippen LogP contribution in [0.5, 0.6) is 11.5 Å². The minimum atomic E-state index is 0.210. The summed E-state index contributed by atoms with van der Waals surface area (Å²) in [6.07, 6.45) is 0. The number of phenolic OH excluding ortho intramolecular Hbond substituents is 2. The van der Waals surface area contributed by atoms with Gasteiger partial charge in [0.15, 0.2) is 0 Å². The molecule has 0 spiro atoms. The Morgan fingerprint density at radius 2 is 0.526 bits per heavy atom. The number of benzene rings is 6. The molecule has 0 amide bonds. The summed E-state index contributed by atoms with van der Waals surface area (Å²) in [6.45, 7) is 0. The van der Waals surface area contributed by atoms with E-state index >= 15 is 0 Å². The van der Waals surface area contributed by atoms with Crippen molar-refractivity contribution in [3.05, 3.63) is 146 Å². The first-order valence-electron chi connectivity index (χ1n) is 12.7. The van der Waals surface area contributed by atoms with Crippen LogP contribution in [0.1, 0.15) is 0 Å². The minimum absolute atomic E-state index is 0.210. The summed E-state index contributed by atoms with van der Waals surface area (Å²) >= 11 is 0. The minimum Gasteiger partial charge on any atom is -0.508 e. The van der Waals surface area contributed by atoms with Crippen molar-refractivity contribution in [2.45, 2.75) is 0 Å². The van der Waals surface area contributed by atoms with E-state index in [2.05, 4.69) is 24.3 Å². The first kappa shape index (κ1) is 23.3. The maximum atomic E-state index is 12.3. The Morgan fingerprint density at radius 3 is 0.868 bits per heavy atom. The average molecular weight is 491 g/mol. The summed E-state index contributed by atoms with van der Waals surface area (Å²) in [7, 11) is 0. The first-order chi connectivity index (χ1) is 18.7. The Bertz CT molecular complexity index is 1570. The summed E-state index contributed by atoms with van der Waals surface area (Å²) in [5, 5.41) is 22.4. The average Bonchev–Trinajstić information content (AvgIpc) is 2.99. The fraction of sp³-hybridized carbons (Fsp3) is 0. The standard InChI is InChI=1S/C36H26O2/c37-30-23-21-29(22-24-30)31-32(25-13-5-1-6-14-25)34(27-17-9-3-10-18-27)36(38)35(28-19-11-4-12-20-28)33(31)26-15-7-2-8-16-26/h1-24,37-38H. The van der Waals surface area contributed by atoms with Crippen molar-refractivity contribution in [1.29, 1.82) is 0 Å². The topological polar surface area (TPSA) is 40.5 Å². The summed E-state index contributed by atoms with van der Waals surface area (Å²) in [4.78, 5) is 0. The molecule has 0 aliphatic heterocycles. The smallest absolute Gasteiger partial charge is 0.132 e. The van der Waals surface area contributed by atoms with Gasteiger partial charge < -0.3 is 10.2 Å². The van der Waals surface area contributed by atoms with E-state index in [9.17, 15) is 10.2 Å². The zero-order chi connectivity index (χ0) is 25.9. The van der Waals surface area contributed by atoms with E-state index in [1.165, 1.54) is 0 Å². The lowest BCUT2D eigenvalue weighted by molar-refractivity contribution is 0.475. The fourth-order valence-corrected chi connectivity index (χ4v) is 5.21. The molecule has 2 heteroatoms. The first-order valence-corrected chi connectivity index (χ1v) is 12.7. The molecule has 0 aliphatic carbocycles. The molecule has 6 rings (SSSR count). The van der Waals surface area contributed by atoms with E-state index in [0.29, 0.717) is 0 Å². The van der Waals surface area contributed by atoms with E-state index in [4.69, 9.17) is 0 Å². The number of aromatic hydroxyl groups is 2. The van der Waals surface area contributed by atoms with Crippen LogP contribution in [-0.2, 0) is 0 Å². The highest BCUT2D eigenvalue weighted by atomic mass is 16.3. The van der Waals surface area contributed by atoms with Crippen molar-refractivity contribution in [2.75, 3.05) is 0 Å². The van der Waals surface area contributed by atoms with Gasteiger partial charge in [0.1, 0.15) is 11.5 Å². The number of hydrogen-bond donors (Lipinski definition) is 2. The molecule has 38 heavy (non-hydrogen) atoms. The van der Waals surface area contributed by atoms with Gasteiger partial charge in [-0.2, -0.15) is 0 Å². The second kappa shape index (κ2) is 10.1. The van der Waals surface area contributed by atoms with Crippen molar-refractivity contribution in [3.63, 3.8) is 0 Å². The molecule has 6 aromatic rings. The van der Waals surface area contributed by atoms with Crippen LogP contribution in [0.2, 0.25) is 0 Å². The molecule has 0 saturated carbocycles. The van der Waals surface area contributed by atoms with Crippen LogP contribution < -0.4 is 0 Å².